The highest BCUT2D eigenvalue weighted by Gasteiger charge is 2.22. The number of rotatable bonds is 28. The van der Waals surface area contributed by atoms with E-state index in [9.17, 15) is 20.1 Å². The monoisotopic (exact) mass is 573 g/mol. The lowest BCUT2D eigenvalue weighted by Gasteiger charge is -2.21. The summed E-state index contributed by atoms with van der Waals surface area (Å²) in [6.45, 7) is 4.07. The zero-order valence-electron chi connectivity index (χ0n) is 26.4. The number of hydrogen-bond donors (Lipinski definition) is 4. The summed E-state index contributed by atoms with van der Waals surface area (Å²) in [5.41, 5.74) is 0. The van der Waals surface area contributed by atoms with Crippen LogP contribution >= 0.6 is 0 Å². The van der Waals surface area contributed by atoms with Gasteiger partial charge in [0.2, 0.25) is 5.91 Å². The van der Waals surface area contributed by atoms with E-state index in [0.717, 1.165) is 38.5 Å². The Labute approximate surface area is 252 Å². The molecule has 0 rings (SSSR count). The van der Waals surface area contributed by atoms with Gasteiger partial charge in [0, 0.05) is 6.42 Å². The summed E-state index contributed by atoms with van der Waals surface area (Å²) in [6, 6.07) is -0.851. The molecule has 5 heteroatoms. The average molecular weight is 574 g/mol. The molecule has 3 atom stereocenters. The second kappa shape index (κ2) is 31.0. The van der Waals surface area contributed by atoms with Crippen LogP contribution in [0, 0.1) is 0 Å². The molecule has 3 unspecified atom stereocenters. The van der Waals surface area contributed by atoms with Crippen LogP contribution in [-0.4, -0.2) is 46.1 Å². The van der Waals surface area contributed by atoms with E-state index in [-0.39, 0.29) is 6.42 Å². The lowest BCUT2D eigenvalue weighted by atomic mass is 10.1. The van der Waals surface area contributed by atoms with Crippen LogP contribution in [0.15, 0.2) is 60.8 Å². The Bertz CT molecular complexity index is 725. The predicted octanol–water partition coefficient (Wildman–Crippen LogP) is 8.42. The van der Waals surface area contributed by atoms with Gasteiger partial charge in [0.15, 0.2) is 0 Å². The minimum absolute atomic E-state index is 0.197. The average Bonchev–Trinajstić information content (AvgIpc) is 2.98. The number of carbonyl (C=O) groups is 1. The van der Waals surface area contributed by atoms with Crippen molar-refractivity contribution in [3.63, 3.8) is 0 Å². The molecule has 0 aliphatic rings. The molecule has 0 aromatic carbocycles. The maximum absolute atomic E-state index is 12.3. The topological polar surface area (TPSA) is 89.8 Å². The lowest BCUT2D eigenvalue weighted by molar-refractivity contribution is -0.131. The van der Waals surface area contributed by atoms with Crippen LogP contribution in [0.2, 0.25) is 0 Å². The molecule has 236 valence electrons. The zero-order chi connectivity index (χ0) is 30.2. The van der Waals surface area contributed by atoms with Crippen LogP contribution in [0.5, 0.6) is 0 Å². The normalized spacial score (nSPS) is 14.8. The van der Waals surface area contributed by atoms with Crippen molar-refractivity contribution in [3.8, 4) is 0 Å². The van der Waals surface area contributed by atoms with Crippen molar-refractivity contribution >= 4 is 5.91 Å². The van der Waals surface area contributed by atoms with Gasteiger partial charge in [-0.3, -0.25) is 4.79 Å². The highest BCUT2D eigenvalue weighted by atomic mass is 16.3. The SMILES string of the molecule is CCCCCCC/C=C/CC/C=C/CC/C=C/C(O)C(CO)NC(=O)C(O)C/C=C\C/C=C\CCCCCCCC. The number of amides is 1. The molecule has 0 radical (unpaired) electrons. The van der Waals surface area contributed by atoms with Gasteiger partial charge >= 0.3 is 0 Å². The van der Waals surface area contributed by atoms with Crippen molar-refractivity contribution in [3.05, 3.63) is 60.8 Å². The molecule has 0 aromatic heterocycles. The van der Waals surface area contributed by atoms with Crippen LogP contribution in [0.3, 0.4) is 0 Å². The molecule has 5 nitrogen and oxygen atoms in total. The number of nitrogens with one attached hydrogen (secondary N) is 1. The van der Waals surface area contributed by atoms with Gasteiger partial charge in [-0.15, -0.1) is 0 Å². The van der Waals surface area contributed by atoms with Crippen LogP contribution in [0.25, 0.3) is 0 Å². The first-order valence-corrected chi connectivity index (χ1v) is 16.6. The summed E-state index contributed by atoms with van der Waals surface area (Å²) in [5.74, 6) is -0.590. The molecule has 1 amide bonds. The van der Waals surface area contributed by atoms with Gasteiger partial charge in [0.25, 0.3) is 0 Å². The number of unbranched alkanes of at least 4 members (excludes halogenated alkanes) is 13. The molecular weight excluding hydrogens is 510 g/mol. The van der Waals surface area contributed by atoms with Gasteiger partial charge in [0.1, 0.15) is 6.10 Å². The fraction of sp³-hybridized carbons (Fsp3) is 0.694. The van der Waals surface area contributed by atoms with E-state index in [4.69, 9.17) is 0 Å². The van der Waals surface area contributed by atoms with Crippen LogP contribution in [-0.2, 0) is 4.79 Å². The Kier molecular flexibility index (Phi) is 29.5. The third-order valence-electron chi connectivity index (χ3n) is 7.07. The molecule has 4 N–H and O–H groups in total. The minimum atomic E-state index is -1.21. The quantitative estimate of drug-likeness (QED) is 0.0559. The van der Waals surface area contributed by atoms with Crippen LogP contribution < -0.4 is 5.32 Å². The van der Waals surface area contributed by atoms with Crippen LogP contribution in [0.4, 0.5) is 0 Å². The summed E-state index contributed by atoms with van der Waals surface area (Å²) in [5, 5.41) is 32.7. The number of aliphatic hydroxyl groups excluding tert-OH is 3. The van der Waals surface area contributed by atoms with Gasteiger partial charge in [-0.2, -0.15) is 0 Å². The number of hydrogen-bond acceptors (Lipinski definition) is 4. The molecule has 0 spiro atoms. The Morgan fingerprint density at radius 2 is 1.07 bits per heavy atom. The van der Waals surface area contributed by atoms with E-state index < -0.39 is 30.8 Å². The molecule has 41 heavy (non-hydrogen) atoms. The fourth-order valence-corrected chi connectivity index (χ4v) is 4.37. The standard InChI is InChI=1S/C36H63NO4/c1-3-5-7-9-11-13-15-17-18-19-21-22-24-26-28-30-34(39)33(32-38)37-36(41)35(40)31-29-27-25-23-20-16-14-12-10-8-6-4-2/h15,17,20-23,27-30,33-35,38-40H,3-14,16,18-19,24-26,31-32H2,1-2H3,(H,37,41)/b17-15+,22-21+,23-20-,29-27-,30-28+. The van der Waals surface area contributed by atoms with E-state index in [1.165, 1.54) is 77.0 Å². The van der Waals surface area contributed by atoms with E-state index >= 15 is 0 Å². The summed E-state index contributed by atoms with van der Waals surface area (Å²) >= 11 is 0. The van der Waals surface area contributed by atoms with Crippen LogP contribution in [0.1, 0.15) is 136 Å². The Hall–Kier alpha value is -1.95. The largest absolute Gasteiger partial charge is 0.394 e. The maximum Gasteiger partial charge on any atom is 0.249 e. The van der Waals surface area contributed by atoms with Crippen molar-refractivity contribution in [1.82, 2.24) is 5.32 Å². The van der Waals surface area contributed by atoms with Crippen molar-refractivity contribution < 1.29 is 20.1 Å². The summed E-state index contributed by atoms with van der Waals surface area (Å²) in [6.07, 6.45) is 39.6. The first-order valence-electron chi connectivity index (χ1n) is 16.6. The number of allylic oxidation sites excluding steroid dienone is 8. The number of aliphatic hydroxyl groups is 3. The lowest BCUT2D eigenvalue weighted by Crippen LogP contribution is -2.48. The van der Waals surface area contributed by atoms with Crippen molar-refractivity contribution in [2.45, 2.75) is 154 Å². The van der Waals surface area contributed by atoms with E-state index in [0.29, 0.717) is 0 Å². The van der Waals surface area contributed by atoms with Crippen molar-refractivity contribution in [2.75, 3.05) is 6.61 Å². The minimum Gasteiger partial charge on any atom is -0.394 e. The third kappa shape index (κ3) is 26.7. The fourth-order valence-electron chi connectivity index (χ4n) is 4.37. The first kappa shape index (κ1) is 39.0. The predicted molar refractivity (Wildman–Crippen MR) is 176 cm³/mol. The molecule has 0 aliphatic heterocycles. The molecule has 0 bridgehead atoms. The Morgan fingerprint density at radius 3 is 1.63 bits per heavy atom. The molecule has 0 fully saturated rings. The summed E-state index contributed by atoms with van der Waals surface area (Å²) in [7, 11) is 0. The van der Waals surface area contributed by atoms with Gasteiger partial charge in [-0.05, 0) is 57.8 Å². The summed E-state index contributed by atoms with van der Waals surface area (Å²) < 4.78 is 0. The molecule has 0 saturated heterocycles. The molecular formula is C36H63NO4. The molecule has 0 saturated carbocycles. The second-order valence-corrected chi connectivity index (χ2v) is 11.0. The van der Waals surface area contributed by atoms with Gasteiger partial charge in [-0.1, -0.05) is 132 Å². The van der Waals surface area contributed by atoms with E-state index in [1.807, 2.05) is 12.2 Å². The van der Waals surface area contributed by atoms with E-state index in [1.54, 1.807) is 12.2 Å². The van der Waals surface area contributed by atoms with Gasteiger partial charge in [0.05, 0.1) is 18.8 Å². The highest BCUT2D eigenvalue weighted by Crippen LogP contribution is 2.08. The van der Waals surface area contributed by atoms with Gasteiger partial charge < -0.3 is 20.6 Å². The Morgan fingerprint density at radius 1 is 0.610 bits per heavy atom. The zero-order valence-corrected chi connectivity index (χ0v) is 26.4. The van der Waals surface area contributed by atoms with Crippen molar-refractivity contribution in [1.29, 1.82) is 0 Å². The van der Waals surface area contributed by atoms with Crippen molar-refractivity contribution in [2.24, 2.45) is 0 Å². The molecule has 0 heterocycles. The number of carbonyl (C=O) groups excluding carboxylic acids is 1. The molecule has 0 aromatic rings. The first-order chi connectivity index (χ1) is 20.1. The summed E-state index contributed by atoms with van der Waals surface area (Å²) in [4.78, 5) is 12.3. The Balaban J connectivity index is 4.01. The third-order valence-corrected chi connectivity index (χ3v) is 7.07. The van der Waals surface area contributed by atoms with E-state index in [2.05, 4.69) is 55.6 Å². The molecule has 0 aliphatic carbocycles. The highest BCUT2D eigenvalue weighted by molar-refractivity contribution is 5.81. The van der Waals surface area contributed by atoms with Gasteiger partial charge in [-0.25, -0.2) is 0 Å². The maximum atomic E-state index is 12.3. The second-order valence-electron chi connectivity index (χ2n) is 11.0. The smallest absolute Gasteiger partial charge is 0.249 e.